The Morgan fingerprint density at radius 1 is 1.40 bits per heavy atom. The monoisotopic (exact) mass is 279 g/mol. The van der Waals surface area contributed by atoms with Gasteiger partial charge in [-0.2, -0.15) is 0 Å². The molecule has 0 radical (unpaired) electrons. The van der Waals surface area contributed by atoms with Crippen LogP contribution >= 0.6 is 0 Å². The Morgan fingerprint density at radius 2 is 2.05 bits per heavy atom. The molecular formula is C16H26FN3. The lowest BCUT2D eigenvalue weighted by atomic mass is 9.96. The van der Waals surface area contributed by atoms with Gasteiger partial charge in [0.1, 0.15) is 5.82 Å². The van der Waals surface area contributed by atoms with Gasteiger partial charge in [0, 0.05) is 19.6 Å². The molecule has 1 aliphatic rings. The van der Waals surface area contributed by atoms with Crippen LogP contribution < -0.4 is 10.6 Å². The maximum atomic E-state index is 14.2. The highest BCUT2D eigenvalue weighted by molar-refractivity contribution is 5.55. The average Bonchev–Trinajstić information content (AvgIpc) is 2.40. The number of piperidine rings is 1. The molecular weight excluding hydrogens is 253 g/mol. The summed E-state index contributed by atoms with van der Waals surface area (Å²) in [5.41, 5.74) is 7.53. The van der Waals surface area contributed by atoms with E-state index in [-0.39, 0.29) is 11.9 Å². The maximum absolute atomic E-state index is 14.2. The predicted octanol–water partition coefficient (Wildman–Crippen LogP) is 2.62. The van der Waals surface area contributed by atoms with Crippen LogP contribution in [0, 0.1) is 11.7 Å². The fraction of sp³-hybridized carbons (Fsp3) is 0.625. The first kappa shape index (κ1) is 15.3. The van der Waals surface area contributed by atoms with E-state index in [0.29, 0.717) is 11.6 Å². The Kier molecular flexibility index (Phi) is 5.00. The van der Waals surface area contributed by atoms with Gasteiger partial charge in [-0.25, -0.2) is 4.39 Å². The van der Waals surface area contributed by atoms with Crippen LogP contribution in [0.1, 0.15) is 31.4 Å². The number of halogens is 1. The van der Waals surface area contributed by atoms with Crippen molar-refractivity contribution in [2.75, 3.05) is 38.6 Å². The van der Waals surface area contributed by atoms with Gasteiger partial charge < -0.3 is 15.5 Å². The molecule has 1 aromatic rings. The number of nitrogens with two attached hydrogens (primary N) is 1. The zero-order chi connectivity index (χ0) is 14.7. The Balaban J connectivity index is 2.11. The lowest BCUT2D eigenvalue weighted by Crippen LogP contribution is -2.36. The molecule has 1 atom stereocenters. The number of anilines is 1. The van der Waals surface area contributed by atoms with E-state index in [0.717, 1.165) is 25.2 Å². The molecule has 1 aromatic carbocycles. The molecule has 0 aromatic heterocycles. The van der Waals surface area contributed by atoms with Crippen LogP contribution in [-0.4, -0.2) is 38.6 Å². The average molecular weight is 279 g/mol. The molecule has 1 saturated heterocycles. The summed E-state index contributed by atoms with van der Waals surface area (Å²) in [4.78, 5) is 4.40. The van der Waals surface area contributed by atoms with Crippen LogP contribution in [0.2, 0.25) is 0 Å². The molecule has 112 valence electrons. The molecule has 20 heavy (non-hydrogen) atoms. The minimum Gasteiger partial charge on any atom is -0.372 e. The standard InChI is InChI=1S/C16H26FN3/c1-12(18)14-5-4-6-15(17)16(14)20(3)11-13-7-9-19(2)10-8-13/h4-6,12-13H,7-11,18H2,1-3H3/t12-/m0/s1. The van der Waals surface area contributed by atoms with Gasteiger partial charge in [0.2, 0.25) is 0 Å². The van der Waals surface area contributed by atoms with Crippen LogP contribution in [0.5, 0.6) is 0 Å². The van der Waals surface area contributed by atoms with Gasteiger partial charge in [-0.05, 0) is 57.5 Å². The van der Waals surface area contributed by atoms with Gasteiger partial charge in [-0.3, -0.25) is 0 Å². The van der Waals surface area contributed by atoms with Gasteiger partial charge in [-0.1, -0.05) is 12.1 Å². The second kappa shape index (κ2) is 6.55. The summed E-state index contributed by atoms with van der Waals surface area (Å²) in [5.74, 6) is 0.465. The van der Waals surface area contributed by atoms with Crippen molar-refractivity contribution in [3.63, 3.8) is 0 Å². The highest BCUT2D eigenvalue weighted by atomic mass is 19.1. The van der Waals surface area contributed by atoms with E-state index in [1.54, 1.807) is 6.07 Å². The number of rotatable bonds is 4. The van der Waals surface area contributed by atoms with Gasteiger partial charge in [0.15, 0.2) is 0 Å². The zero-order valence-electron chi connectivity index (χ0n) is 12.8. The van der Waals surface area contributed by atoms with Crippen molar-refractivity contribution < 1.29 is 4.39 Å². The third kappa shape index (κ3) is 3.49. The van der Waals surface area contributed by atoms with Gasteiger partial charge in [-0.15, -0.1) is 0 Å². The van der Waals surface area contributed by atoms with E-state index in [1.165, 1.54) is 18.9 Å². The molecule has 3 nitrogen and oxygen atoms in total. The molecule has 4 heteroatoms. The van der Waals surface area contributed by atoms with Gasteiger partial charge in [0.25, 0.3) is 0 Å². The number of para-hydroxylation sites is 1. The van der Waals surface area contributed by atoms with Crippen LogP contribution in [0.3, 0.4) is 0 Å². The zero-order valence-corrected chi connectivity index (χ0v) is 12.8. The topological polar surface area (TPSA) is 32.5 Å². The van der Waals surface area contributed by atoms with E-state index in [1.807, 2.05) is 24.9 Å². The molecule has 0 unspecified atom stereocenters. The summed E-state index contributed by atoms with van der Waals surface area (Å²) < 4.78 is 14.2. The summed E-state index contributed by atoms with van der Waals surface area (Å²) in [6.45, 7) is 5.07. The van der Waals surface area contributed by atoms with E-state index >= 15 is 0 Å². The highest BCUT2D eigenvalue weighted by Crippen LogP contribution is 2.29. The maximum Gasteiger partial charge on any atom is 0.146 e. The van der Waals surface area contributed by atoms with Crippen molar-refractivity contribution in [1.82, 2.24) is 4.90 Å². The van der Waals surface area contributed by atoms with Crippen molar-refractivity contribution >= 4 is 5.69 Å². The molecule has 0 saturated carbocycles. The smallest absolute Gasteiger partial charge is 0.146 e. The number of benzene rings is 1. The quantitative estimate of drug-likeness (QED) is 0.919. The number of nitrogens with zero attached hydrogens (tertiary/aromatic N) is 2. The van der Waals surface area contributed by atoms with Gasteiger partial charge >= 0.3 is 0 Å². The summed E-state index contributed by atoms with van der Waals surface area (Å²) in [5, 5.41) is 0. The summed E-state index contributed by atoms with van der Waals surface area (Å²) in [6, 6.07) is 5.03. The Bertz CT molecular complexity index is 439. The van der Waals surface area contributed by atoms with Crippen molar-refractivity contribution in [3.05, 3.63) is 29.6 Å². The summed E-state index contributed by atoms with van der Waals surface area (Å²) in [6.07, 6.45) is 2.37. The van der Waals surface area contributed by atoms with Crippen LogP contribution in [0.25, 0.3) is 0 Å². The highest BCUT2D eigenvalue weighted by Gasteiger charge is 2.21. The first-order valence-electron chi connectivity index (χ1n) is 7.42. The lowest BCUT2D eigenvalue weighted by molar-refractivity contribution is 0.222. The fourth-order valence-electron chi connectivity index (χ4n) is 3.03. The Morgan fingerprint density at radius 3 is 2.65 bits per heavy atom. The fourth-order valence-corrected chi connectivity index (χ4v) is 3.03. The summed E-state index contributed by atoms with van der Waals surface area (Å²) in [7, 11) is 4.13. The number of hydrogen-bond acceptors (Lipinski definition) is 3. The predicted molar refractivity (Wildman–Crippen MR) is 82.5 cm³/mol. The second-order valence-corrected chi connectivity index (χ2v) is 6.09. The third-order valence-corrected chi connectivity index (χ3v) is 4.26. The lowest BCUT2D eigenvalue weighted by Gasteiger charge is -2.33. The first-order chi connectivity index (χ1) is 9.49. The van der Waals surface area contributed by atoms with Crippen molar-refractivity contribution in [1.29, 1.82) is 0 Å². The van der Waals surface area contributed by atoms with E-state index in [2.05, 4.69) is 11.9 Å². The molecule has 1 heterocycles. The normalized spacial score (nSPS) is 19.1. The van der Waals surface area contributed by atoms with Crippen LogP contribution in [0.15, 0.2) is 18.2 Å². The molecule has 0 aliphatic carbocycles. The van der Waals surface area contributed by atoms with E-state index < -0.39 is 0 Å². The van der Waals surface area contributed by atoms with Crippen molar-refractivity contribution in [2.45, 2.75) is 25.8 Å². The number of hydrogen-bond donors (Lipinski definition) is 1. The second-order valence-electron chi connectivity index (χ2n) is 6.09. The molecule has 0 amide bonds. The molecule has 2 N–H and O–H groups in total. The summed E-state index contributed by atoms with van der Waals surface area (Å²) >= 11 is 0. The minimum absolute atomic E-state index is 0.152. The first-order valence-corrected chi connectivity index (χ1v) is 7.42. The number of likely N-dealkylation sites (tertiary alicyclic amines) is 1. The largest absolute Gasteiger partial charge is 0.372 e. The third-order valence-electron chi connectivity index (χ3n) is 4.26. The molecule has 0 bridgehead atoms. The SMILES string of the molecule is C[C@H](N)c1cccc(F)c1N(C)CC1CCN(C)CC1. The van der Waals surface area contributed by atoms with Crippen molar-refractivity contribution in [3.8, 4) is 0 Å². The van der Waals surface area contributed by atoms with E-state index in [9.17, 15) is 4.39 Å². The van der Waals surface area contributed by atoms with Crippen LogP contribution in [-0.2, 0) is 0 Å². The Labute approximate surface area is 121 Å². The Hall–Kier alpha value is -1.13. The molecule has 1 aliphatic heterocycles. The molecule has 0 spiro atoms. The molecule has 1 fully saturated rings. The van der Waals surface area contributed by atoms with Crippen LogP contribution in [0.4, 0.5) is 10.1 Å². The van der Waals surface area contributed by atoms with Gasteiger partial charge in [0.05, 0.1) is 5.69 Å². The van der Waals surface area contributed by atoms with E-state index in [4.69, 9.17) is 5.73 Å². The minimum atomic E-state index is -0.171. The van der Waals surface area contributed by atoms with Crippen molar-refractivity contribution in [2.24, 2.45) is 11.7 Å². The molecule has 2 rings (SSSR count).